The van der Waals surface area contributed by atoms with Crippen molar-refractivity contribution in [1.29, 1.82) is 0 Å². The van der Waals surface area contributed by atoms with Crippen LogP contribution in [0.15, 0.2) is 24.3 Å². The average Bonchev–Trinajstić information content (AvgIpc) is 2.29. The van der Waals surface area contributed by atoms with Crippen molar-refractivity contribution in [2.24, 2.45) is 0 Å². The molecule has 1 aromatic carbocycles. The van der Waals surface area contributed by atoms with E-state index in [9.17, 15) is 4.57 Å². The second-order valence-electron chi connectivity index (χ2n) is 3.62. The van der Waals surface area contributed by atoms with Crippen LogP contribution in [-0.2, 0) is 20.0 Å². The summed E-state index contributed by atoms with van der Waals surface area (Å²) in [6.07, 6.45) is 0.965. The molecule has 0 amide bonds. The SMILES string of the molecule is CCOP(=O)(CCc1ccccc1N)OCC. The lowest BCUT2D eigenvalue weighted by Crippen LogP contribution is -2.04. The molecule has 0 aliphatic rings. The maximum atomic E-state index is 12.2. The lowest BCUT2D eigenvalue weighted by molar-refractivity contribution is 0.220. The lowest BCUT2D eigenvalue weighted by atomic mass is 10.1. The summed E-state index contributed by atoms with van der Waals surface area (Å²) in [5, 5.41) is 0. The van der Waals surface area contributed by atoms with E-state index >= 15 is 0 Å². The van der Waals surface area contributed by atoms with Crippen LogP contribution >= 0.6 is 7.60 Å². The molecule has 0 aliphatic carbocycles. The lowest BCUT2D eigenvalue weighted by Gasteiger charge is -2.17. The summed E-state index contributed by atoms with van der Waals surface area (Å²) in [7, 11) is -2.96. The smallest absolute Gasteiger partial charge is 0.330 e. The Bertz CT molecular complexity index is 385. The first kappa shape index (κ1) is 14.2. The van der Waals surface area contributed by atoms with Crippen molar-refractivity contribution in [2.45, 2.75) is 20.3 Å². The first-order valence-electron chi connectivity index (χ1n) is 5.83. The second-order valence-corrected chi connectivity index (χ2v) is 5.80. The molecular formula is C12H20NO3P. The molecule has 96 valence electrons. The molecule has 0 saturated carbocycles. The van der Waals surface area contributed by atoms with Crippen LogP contribution in [0.1, 0.15) is 19.4 Å². The van der Waals surface area contributed by atoms with Crippen LogP contribution < -0.4 is 5.73 Å². The molecule has 0 saturated heterocycles. The number of hydrogen-bond donors (Lipinski definition) is 1. The Kier molecular flexibility index (Phi) is 5.69. The van der Waals surface area contributed by atoms with E-state index in [0.29, 0.717) is 31.5 Å². The van der Waals surface area contributed by atoms with E-state index in [1.165, 1.54) is 0 Å². The molecule has 0 unspecified atom stereocenters. The highest BCUT2D eigenvalue weighted by Crippen LogP contribution is 2.48. The largest absolute Gasteiger partial charge is 0.399 e. The van der Waals surface area contributed by atoms with Crippen LogP contribution in [0.25, 0.3) is 0 Å². The zero-order chi connectivity index (χ0) is 12.7. The third-order valence-corrected chi connectivity index (χ3v) is 4.44. The normalized spacial score (nSPS) is 11.6. The molecule has 0 fully saturated rings. The Morgan fingerprint density at radius 1 is 1.18 bits per heavy atom. The van der Waals surface area contributed by atoms with Crippen LogP contribution in [0, 0.1) is 0 Å². The summed E-state index contributed by atoms with van der Waals surface area (Å²) in [5.74, 6) is 0. The topological polar surface area (TPSA) is 61.5 Å². The highest BCUT2D eigenvalue weighted by atomic mass is 31.2. The van der Waals surface area contributed by atoms with E-state index in [0.717, 1.165) is 5.56 Å². The van der Waals surface area contributed by atoms with Gasteiger partial charge in [-0.25, -0.2) is 0 Å². The predicted molar refractivity (Wildman–Crippen MR) is 70.3 cm³/mol. The highest BCUT2D eigenvalue weighted by Gasteiger charge is 2.23. The van der Waals surface area contributed by atoms with Crippen LogP contribution in [-0.4, -0.2) is 19.4 Å². The van der Waals surface area contributed by atoms with E-state index in [2.05, 4.69) is 0 Å². The quantitative estimate of drug-likeness (QED) is 0.602. The Balaban J connectivity index is 2.64. The van der Waals surface area contributed by atoms with Crippen LogP contribution in [0.4, 0.5) is 5.69 Å². The second kappa shape index (κ2) is 6.80. The minimum absolute atomic E-state index is 0.364. The molecule has 1 rings (SSSR count). The van der Waals surface area contributed by atoms with Crippen molar-refractivity contribution in [3.63, 3.8) is 0 Å². The van der Waals surface area contributed by atoms with Crippen molar-refractivity contribution in [3.05, 3.63) is 29.8 Å². The summed E-state index contributed by atoms with van der Waals surface area (Å²) in [4.78, 5) is 0. The molecule has 0 radical (unpaired) electrons. The number of anilines is 1. The fourth-order valence-electron chi connectivity index (χ4n) is 1.58. The number of hydrogen-bond acceptors (Lipinski definition) is 4. The zero-order valence-electron chi connectivity index (χ0n) is 10.4. The molecule has 0 spiro atoms. The van der Waals surface area contributed by atoms with Gasteiger partial charge in [-0.2, -0.15) is 0 Å². The van der Waals surface area contributed by atoms with Crippen molar-refractivity contribution in [1.82, 2.24) is 0 Å². The van der Waals surface area contributed by atoms with Crippen LogP contribution in [0.3, 0.4) is 0 Å². The fourth-order valence-corrected chi connectivity index (χ4v) is 3.21. The van der Waals surface area contributed by atoms with Gasteiger partial charge in [0.15, 0.2) is 0 Å². The maximum absolute atomic E-state index is 12.2. The molecule has 5 heteroatoms. The Morgan fingerprint density at radius 3 is 2.29 bits per heavy atom. The van der Waals surface area contributed by atoms with E-state index in [-0.39, 0.29) is 0 Å². The highest BCUT2D eigenvalue weighted by molar-refractivity contribution is 7.53. The molecule has 0 aromatic heterocycles. The van der Waals surface area contributed by atoms with Crippen molar-refractivity contribution >= 4 is 13.3 Å². The third kappa shape index (κ3) is 4.50. The standard InChI is InChI=1S/C12H20NO3P/c1-3-15-17(14,16-4-2)10-9-11-7-5-6-8-12(11)13/h5-8H,3-4,9-10,13H2,1-2H3. The van der Waals surface area contributed by atoms with Crippen molar-refractivity contribution in [3.8, 4) is 0 Å². The van der Waals surface area contributed by atoms with Gasteiger partial charge in [-0.05, 0) is 31.9 Å². The monoisotopic (exact) mass is 257 g/mol. The first-order chi connectivity index (χ1) is 8.11. The maximum Gasteiger partial charge on any atom is 0.330 e. The number of aryl methyl sites for hydroxylation is 1. The van der Waals surface area contributed by atoms with Crippen LogP contribution in [0.5, 0.6) is 0 Å². The summed E-state index contributed by atoms with van der Waals surface area (Å²) in [5.41, 5.74) is 7.52. The number of rotatable bonds is 7. The molecule has 4 nitrogen and oxygen atoms in total. The minimum Gasteiger partial charge on any atom is -0.399 e. The molecule has 0 atom stereocenters. The van der Waals surface area contributed by atoms with Gasteiger partial charge in [-0.3, -0.25) is 4.57 Å². The fraction of sp³-hybridized carbons (Fsp3) is 0.500. The predicted octanol–water partition coefficient (Wildman–Crippen LogP) is 3.08. The number of benzene rings is 1. The van der Waals surface area contributed by atoms with Gasteiger partial charge in [0.1, 0.15) is 0 Å². The summed E-state index contributed by atoms with van der Waals surface area (Å²) < 4.78 is 22.7. The molecular weight excluding hydrogens is 237 g/mol. The number of nitrogen functional groups attached to an aromatic ring is 1. The summed E-state index contributed by atoms with van der Waals surface area (Å²) in [6, 6.07) is 7.56. The van der Waals surface area contributed by atoms with Crippen molar-refractivity contribution in [2.75, 3.05) is 25.1 Å². The van der Waals surface area contributed by atoms with E-state index < -0.39 is 7.60 Å². The molecule has 17 heavy (non-hydrogen) atoms. The minimum atomic E-state index is -2.96. The molecule has 1 aromatic rings. The van der Waals surface area contributed by atoms with E-state index in [1.54, 1.807) is 0 Å². The first-order valence-corrected chi connectivity index (χ1v) is 7.55. The van der Waals surface area contributed by atoms with Gasteiger partial charge in [0.05, 0.1) is 19.4 Å². The zero-order valence-corrected chi connectivity index (χ0v) is 11.3. The Hall–Kier alpha value is -0.830. The third-order valence-electron chi connectivity index (χ3n) is 2.36. The van der Waals surface area contributed by atoms with Gasteiger partial charge in [0, 0.05) is 5.69 Å². The molecule has 0 heterocycles. The average molecular weight is 257 g/mol. The van der Waals surface area contributed by atoms with Gasteiger partial charge < -0.3 is 14.8 Å². The van der Waals surface area contributed by atoms with Gasteiger partial charge in [0.2, 0.25) is 0 Å². The Labute approximate surface area is 103 Å². The van der Waals surface area contributed by atoms with Gasteiger partial charge >= 0.3 is 7.60 Å². The van der Waals surface area contributed by atoms with Crippen molar-refractivity contribution < 1.29 is 13.6 Å². The summed E-state index contributed by atoms with van der Waals surface area (Å²) >= 11 is 0. The van der Waals surface area contributed by atoms with Gasteiger partial charge in [0.25, 0.3) is 0 Å². The van der Waals surface area contributed by atoms with Crippen LogP contribution in [0.2, 0.25) is 0 Å². The van der Waals surface area contributed by atoms with E-state index in [1.807, 2.05) is 38.1 Å². The Morgan fingerprint density at radius 2 is 1.76 bits per heavy atom. The van der Waals surface area contributed by atoms with Gasteiger partial charge in [-0.15, -0.1) is 0 Å². The number of nitrogens with two attached hydrogens (primary N) is 1. The van der Waals surface area contributed by atoms with E-state index in [4.69, 9.17) is 14.8 Å². The molecule has 2 N–H and O–H groups in total. The number of para-hydroxylation sites is 1. The van der Waals surface area contributed by atoms with Gasteiger partial charge in [-0.1, -0.05) is 18.2 Å². The molecule has 0 aliphatic heterocycles. The molecule has 0 bridgehead atoms. The summed E-state index contributed by atoms with van der Waals surface area (Å²) in [6.45, 7) is 4.40.